The van der Waals surface area contributed by atoms with Crippen LogP contribution in [0.15, 0.2) is 65.8 Å². The molecule has 4 aromatic rings. The molecule has 0 atom stereocenters. The summed E-state index contributed by atoms with van der Waals surface area (Å²) in [6.45, 7) is 8.10. The van der Waals surface area contributed by atoms with Gasteiger partial charge in [0.25, 0.3) is 5.91 Å². The Kier molecular flexibility index (Phi) is 11.5. The lowest BCUT2D eigenvalue weighted by molar-refractivity contribution is -0.137. The molecule has 0 spiro atoms. The van der Waals surface area contributed by atoms with Crippen molar-refractivity contribution in [3.63, 3.8) is 0 Å². The lowest BCUT2D eigenvalue weighted by Gasteiger charge is -2.17. The molecule has 0 unspecified atom stereocenters. The van der Waals surface area contributed by atoms with Gasteiger partial charge in [0.2, 0.25) is 11.7 Å². The van der Waals surface area contributed by atoms with E-state index in [0.717, 1.165) is 29.5 Å². The lowest BCUT2D eigenvalue weighted by Crippen LogP contribution is -2.25. The number of halogens is 3. The Hall–Kier alpha value is -4.72. The number of thioether (sulfide) groups is 1. The van der Waals surface area contributed by atoms with Crippen LogP contribution in [-0.2, 0) is 17.5 Å². The highest BCUT2D eigenvalue weighted by molar-refractivity contribution is 7.99. The number of anilines is 1. The predicted molar refractivity (Wildman–Crippen MR) is 168 cm³/mol. The first-order valence-electron chi connectivity index (χ1n) is 14.5. The van der Waals surface area contributed by atoms with Crippen molar-refractivity contribution in [2.45, 2.75) is 45.6 Å². The summed E-state index contributed by atoms with van der Waals surface area (Å²) in [4.78, 5) is 26.0. The van der Waals surface area contributed by atoms with E-state index in [1.54, 1.807) is 19.9 Å². The number of rotatable bonds is 14. The van der Waals surface area contributed by atoms with Crippen molar-refractivity contribution in [3.8, 4) is 22.9 Å². The van der Waals surface area contributed by atoms with Gasteiger partial charge in [0.05, 0.1) is 43.4 Å². The summed E-state index contributed by atoms with van der Waals surface area (Å²) in [5.74, 6) is 0.232. The van der Waals surface area contributed by atoms with Gasteiger partial charge >= 0.3 is 6.18 Å². The number of carbonyl (C=O) groups is 2. The standard InChI is InChI=1S/C32H34F3N5O5S/c1-5-43-25-15-21(16-26(44-6-2)29(25)45-7-3)30(42)36-18-27-38-39-31(40(27)24-13-9-11-22(17-24)32(33,34)35)46-19-28(41)37-23-12-8-10-20(4)14-23/h8-17H,5-7,18-19H2,1-4H3,(H,36,42)(H,37,41). The second-order valence-electron chi connectivity index (χ2n) is 9.77. The van der Waals surface area contributed by atoms with Crippen LogP contribution < -0.4 is 24.8 Å². The van der Waals surface area contributed by atoms with Crippen molar-refractivity contribution in [2.75, 3.05) is 30.9 Å². The molecule has 0 saturated heterocycles. The summed E-state index contributed by atoms with van der Waals surface area (Å²) < 4.78 is 59.3. The van der Waals surface area contributed by atoms with E-state index in [2.05, 4.69) is 20.8 Å². The second kappa shape index (κ2) is 15.5. The van der Waals surface area contributed by atoms with E-state index in [9.17, 15) is 22.8 Å². The number of benzene rings is 3. The van der Waals surface area contributed by atoms with Crippen molar-refractivity contribution >= 4 is 29.3 Å². The van der Waals surface area contributed by atoms with E-state index in [4.69, 9.17) is 14.2 Å². The Labute approximate surface area is 268 Å². The van der Waals surface area contributed by atoms with Gasteiger partial charge in [-0.15, -0.1) is 10.2 Å². The third kappa shape index (κ3) is 8.71. The third-order valence-corrected chi connectivity index (χ3v) is 7.27. The molecule has 0 aliphatic carbocycles. The Morgan fingerprint density at radius 3 is 2.20 bits per heavy atom. The van der Waals surface area contributed by atoms with E-state index in [1.165, 1.54) is 28.8 Å². The largest absolute Gasteiger partial charge is 0.490 e. The normalized spacial score (nSPS) is 11.2. The SMILES string of the molecule is CCOc1cc(C(=O)NCc2nnc(SCC(=O)Nc3cccc(C)c3)n2-c2cccc(C(F)(F)F)c2)cc(OCC)c1OCC. The monoisotopic (exact) mass is 657 g/mol. The van der Waals surface area contributed by atoms with Crippen molar-refractivity contribution in [2.24, 2.45) is 0 Å². The maximum Gasteiger partial charge on any atom is 0.416 e. The zero-order valence-corrected chi connectivity index (χ0v) is 26.6. The summed E-state index contributed by atoms with van der Waals surface area (Å²) in [6.07, 6.45) is -4.59. The number of aromatic nitrogens is 3. The highest BCUT2D eigenvalue weighted by Gasteiger charge is 2.31. The zero-order valence-electron chi connectivity index (χ0n) is 25.7. The average Bonchev–Trinajstić information content (AvgIpc) is 3.43. The fraction of sp³-hybridized carbons (Fsp3) is 0.312. The Morgan fingerprint density at radius 1 is 0.891 bits per heavy atom. The summed E-state index contributed by atoms with van der Waals surface area (Å²) in [7, 11) is 0. The molecule has 0 fully saturated rings. The van der Waals surface area contributed by atoms with Crippen LogP contribution in [-0.4, -0.2) is 52.2 Å². The molecule has 0 bridgehead atoms. The molecule has 46 heavy (non-hydrogen) atoms. The minimum Gasteiger partial charge on any atom is -0.490 e. The summed E-state index contributed by atoms with van der Waals surface area (Å²) in [5.41, 5.74) is 1.03. The number of nitrogens with one attached hydrogen (secondary N) is 2. The summed E-state index contributed by atoms with van der Waals surface area (Å²) in [6, 6.07) is 15.0. The number of carbonyl (C=O) groups excluding carboxylic acids is 2. The smallest absolute Gasteiger partial charge is 0.416 e. The minimum atomic E-state index is -4.59. The molecule has 2 N–H and O–H groups in total. The van der Waals surface area contributed by atoms with Crippen LogP contribution >= 0.6 is 11.8 Å². The van der Waals surface area contributed by atoms with Gasteiger partial charge in [-0.3, -0.25) is 14.2 Å². The van der Waals surface area contributed by atoms with Gasteiger partial charge in [-0.05, 0) is 75.7 Å². The van der Waals surface area contributed by atoms with Crippen LogP contribution in [0.1, 0.15) is 48.1 Å². The quantitative estimate of drug-likeness (QED) is 0.149. The van der Waals surface area contributed by atoms with Crippen molar-refractivity contribution in [3.05, 3.63) is 83.2 Å². The molecule has 0 saturated carbocycles. The van der Waals surface area contributed by atoms with Gasteiger partial charge in [0.1, 0.15) is 0 Å². The predicted octanol–water partition coefficient (Wildman–Crippen LogP) is 6.45. The van der Waals surface area contributed by atoms with Crippen molar-refractivity contribution < 1.29 is 37.0 Å². The van der Waals surface area contributed by atoms with Crippen LogP contribution in [0.25, 0.3) is 5.69 Å². The van der Waals surface area contributed by atoms with Crippen LogP contribution in [0, 0.1) is 6.92 Å². The maximum atomic E-state index is 13.6. The number of nitrogens with zero attached hydrogens (tertiary/aromatic N) is 3. The molecule has 0 aliphatic rings. The van der Waals surface area contributed by atoms with Gasteiger partial charge in [0.15, 0.2) is 22.5 Å². The fourth-order valence-corrected chi connectivity index (χ4v) is 5.19. The number of amides is 2. The van der Waals surface area contributed by atoms with Crippen molar-refractivity contribution in [1.82, 2.24) is 20.1 Å². The molecule has 1 aromatic heterocycles. The minimum absolute atomic E-state index is 0.0933. The van der Waals surface area contributed by atoms with E-state index in [-0.39, 0.29) is 40.4 Å². The highest BCUT2D eigenvalue weighted by atomic mass is 32.2. The number of ether oxygens (including phenoxy) is 3. The molecule has 0 aliphatic heterocycles. The summed E-state index contributed by atoms with van der Waals surface area (Å²) >= 11 is 0.996. The van der Waals surface area contributed by atoms with Crippen LogP contribution in [0.3, 0.4) is 0 Å². The topological polar surface area (TPSA) is 117 Å². The number of aryl methyl sites for hydroxylation is 1. The van der Waals surface area contributed by atoms with Crippen LogP contribution in [0.5, 0.6) is 17.2 Å². The first kappa shape index (κ1) is 34.2. The molecule has 2 amide bonds. The Bertz CT molecular complexity index is 1650. The van der Waals surface area contributed by atoms with E-state index < -0.39 is 17.6 Å². The van der Waals surface area contributed by atoms with Gasteiger partial charge in [-0.1, -0.05) is 30.0 Å². The molecule has 4 rings (SSSR count). The molecular formula is C32H34F3N5O5S. The first-order chi connectivity index (χ1) is 22.0. The van der Waals surface area contributed by atoms with Gasteiger partial charge in [0, 0.05) is 11.3 Å². The Balaban J connectivity index is 1.61. The summed E-state index contributed by atoms with van der Waals surface area (Å²) in [5, 5.41) is 14.0. The average molecular weight is 658 g/mol. The van der Waals surface area contributed by atoms with E-state index in [0.29, 0.717) is 42.8 Å². The number of hydrogen-bond donors (Lipinski definition) is 2. The fourth-order valence-electron chi connectivity index (χ4n) is 4.42. The number of hydrogen-bond acceptors (Lipinski definition) is 8. The lowest BCUT2D eigenvalue weighted by atomic mass is 10.1. The zero-order chi connectivity index (χ0) is 33.3. The van der Waals surface area contributed by atoms with Crippen molar-refractivity contribution in [1.29, 1.82) is 0 Å². The molecule has 1 heterocycles. The van der Waals surface area contributed by atoms with Crippen LogP contribution in [0.4, 0.5) is 18.9 Å². The molecule has 3 aromatic carbocycles. The number of alkyl halides is 3. The first-order valence-corrected chi connectivity index (χ1v) is 15.5. The maximum absolute atomic E-state index is 13.6. The third-order valence-electron chi connectivity index (χ3n) is 6.34. The van der Waals surface area contributed by atoms with E-state index in [1.807, 2.05) is 32.0 Å². The van der Waals surface area contributed by atoms with E-state index >= 15 is 0 Å². The highest BCUT2D eigenvalue weighted by Crippen LogP contribution is 2.39. The molecule has 14 heteroatoms. The molecule has 0 radical (unpaired) electrons. The van der Waals surface area contributed by atoms with Gasteiger partial charge in [-0.2, -0.15) is 13.2 Å². The molecule has 10 nitrogen and oxygen atoms in total. The van der Waals surface area contributed by atoms with Gasteiger partial charge in [-0.25, -0.2) is 0 Å². The van der Waals surface area contributed by atoms with Crippen LogP contribution in [0.2, 0.25) is 0 Å². The Morgan fingerprint density at radius 2 is 1.57 bits per heavy atom. The van der Waals surface area contributed by atoms with Gasteiger partial charge < -0.3 is 24.8 Å². The molecule has 244 valence electrons. The molecular weight excluding hydrogens is 623 g/mol. The second-order valence-corrected chi connectivity index (χ2v) is 10.7.